The number of furan rings is 1. The summed E-state index contributed by atoms with van der Waals surface area (Å²) in [7, 11) is 0. The van der Waals surface area contributed by atoms with Crippen LogP contribution in [0.25, 0.3) is 0 Å². The summed E-state index contributed by atoms with van der Waals surface area (Å²) in [6.45, 7) is 5.95. The molecular formula is C19H28N2O2. The Balaban J connectivity index is 1.43. The van der Waals surface area contributed by atoms with Gasteiger partial charge in [-0.05, 0) is 50.2 Å². The van der Waals surface area contributed by atoms with Crippen LogP contribution in [-0.2, 0) is 17.8 Å². The number of carbonyl (C=O) groups excluding carboxylic acids is 1. The second-order valence-corrected chi connectivity index (χ2v) is 7.67. The van der Waals surface area contributed by atoms with Crippen LogP contribution in [0.2, 0.25) is 0 Å². The van der Waals surface area contributed by atoms with Gasteiger partial charge in [0.25, 0.3) is 0 Å². The molecule has 0 aromatic carbocycles. The predicted molar refractivity (Wildman–Crippen MR) is 88.9 cm³/mol. The lowest BCUT2D eigenvalue weighted by Gasteiger charge is -2.36. The molecule has 3 saturated heterocycles. The van der Waals surface area contributed by atoms with E-state index in [9.17, 15) is 4.79 Å². The zero-order chi connectivity index (χ0) is 15.8. The summed E-state index contributed by atoms with van der Waals surface area (Å²) in [5, 5.41) is 0. The van der Waals surface area contributed by atoms with Gasteiger partial charge in [0.05, 0.1) is 12.5 Å². The van der Waals surface area contributed by atoms with Crippen molar-refractivity contribution in [1.82, 2.24) is 9.80 Å². The van der Waals surface area contributed by atoms with Crippen LogP contribution >= 0.6 is 0 Å². The maximum Gasteiger partial charge on any atom is 0.227 e. The second-order valence-electron chi connectivity index (χ2n) is 7.67. The topological polar surface area (TPSA) is 36.7 Å². The molecule has 2 atom stereocenters. The Morgan fingerprint density at radius 1 is 1.13 bits per heavy atom. The van der Waals surface area contributed by atoms with Crippen molar-refractivity contribution in [3.8, 4) is 0 Å². The van der Waals surface area contributed by atoms with Gasteiger partial charge in [-0.1, -0.05) is 6.92 Å². The highest BCUT2D eigenvalue weighted by atomic mass is 16.3. The van der Waals surface area contributed by atoms with Crippen molar-refractivity contribution in [3.05, 3.63) is 23.7 Å². The number of rotatable bonds is 6. The highest BCUT2D eigenvalue weighted by molar-refractivity contribution is 5.80. The monoisotopic (exact) mass is 316 g/mol. The highest BCUT2D eigenvalue weighted by Crippen LogP contribution is 2.35. The first-order chi connectivity index (χ1) is 11.2. The first-order valence-corrected chi connectivity index (χ1v) is 9.33. The molecule has 1 aromatic rings. The quantitative estimate of drug-likeness (QED) is 0.809. The van der Waals surface area contributed by atoms with E-state index in [1.807, 2.05) is 0 Å². The van der Waals surface area contributed by atoms with Crippen LogP contribution in [-0.4, -0.2) is 41.4 Å². The number of aryl methyl sites for hydroxylation is 1. The average Bonchev–Trinajstić information content (AvgIpc) is 3.29. The molecule has 0 spiro atoms. The molecule has 2 bridgehead atoms. The van der Waals surface area contributed by atoms with E-state index >= 15 is 0 Å². The lowest BCUT2D eigenvalue weighted by atomic mass is 9.94. The van der Waals surface area contributed by atoms with Crippen LogP contribution in [0.3, 0.4) is 0 Å². The minimum atomic E-state index is 0.206. The van der Waals surface area contributed by atoms with Crippen LogP contribution in [0.4, 0.5) is 0 Å². The summed E-state index contributed by atoms with van der Waals surface area (Å²) in [5.74, 6) is 3.55. The van der Waals surface area contributed by atoms with Crippen LogP contribution in [0, 0.1) is 11.8 Å². The minimum absolute atomic E-state index is 0.206. The Morgan fingerprint density at radius 3 is 2.74 bits per heavy atom. The van der Waals surface area contributed by atoms with Gasteiger partial charge in [-0.2, -0.15) is 0 Å². The third-order valence-electron chi connectivity index (χ3n) is 5.61. The van der Waals surface area contributed by atoms with E-state index in [1.165, 1.54) is 19.3 Å². The third-order valence-corrected chi connectivity index (χ3v) is 5.61. The van der Waals surface area contributed by atoms with Gasteiger partial charge < -0.3 is 9.32 Å². The smallest absolute Gasteiger partial charge is 0.227 e. The number of hydrogen-bond donors (Lipinski definition) is 0. The van der Waals surface area contributed by atoms with E-state index in [4.69, 9.17) is 4.42 Å². The maximum absolute atomic E-state index is 12.7. The molecule has 3 aliphatic heterocycles. The van der Waals surface area contributed by atoms with E-state index in [0.717, 1.165) is 62.9 Å². The molecular weight excluding hydrogens is 288 g/mol. The molecule has 23 heavy (non-hydrogen) atoms. The van der Waals surface area contributed by atoms with Gasteiger partial charge in [-0.25, -0.2) is 0 Å². The van der Waals surface area contributed by atoms with Gasteiger partial charge in [0.15, 0.2) is 0 Å². The summed E-state index contributed by atoms with van der Waals surface area (Å²) in [6.07, 6.45) is 7.01. The molecule has 0 unspecified atom stereocenters. The van der Waals surface area contributed by atoms with Crippen molar-refractivity contribution in [2.75, 3.05) is 19.6 Å². The average molecular weight is 316 g/mol. The number of amides is 1. The van der Waals surface area contributed by atoms with Crippen molar-refractivity contribution in [2.24, 2.45) is 11.8 Å². The Morgan fingerprint density at radius 2 is 1.96 bits per heavy atom. The second kappa shape index (κ2) is 6.31. The molecule has 126 valence electrons. The van der Waals surface area contributed by atoms with Gasteiger partial charge in [0.1, 0.15) is 11.5 Å². The van der Waals surface area contributed by atoms with Gasteiger partial charge in [-0.3, -0.25) is 9.69 Å². The molecule has 0 radical (unpaired) electrons. The maximum atomic E-state index is 12.7. The molecule has 0 N–H and O–H groups in total. The largest absolute Gasteiger partial charge is 0.465 e. The van der Waals surface area contributed by atoms with Crippen molar-refractivity contribution in [3.63, 3.8) is 0 Å². The van der Waals surface area contributed by atoms with Crippen molar-refractivity contribution in [1.29, 1.82) is 0 Å². The number of nitrogens with zero attached hydrogens (tertiary/aromatic N) is 2. The standard InChI is InChI=1S/C19H28N2O2/c1-2-3-17-8-9-18(23-17)13-20-11-15-6-7-16(12-20)21(19(15)22)10-14-4-5-14/h8-9,14-16H,2-7,10-13H2,1H3/t15-,16+/m1/s1. The molecule has 4 aliphatic rings. The SMILES string of the molecule is CCCc1ccc(CN2C[C@H]3CC[C@@H](C2)N(CC2CC2)C3=O)o1. The Hall–Kier alpha value is -1.29. The third kappa shape index (κ3) is 3.32. The molecule has 5 rings (SSSR count). The Labute approximate surface area is 138 Å². The van der Waals surface area contributed by atoms with Crippen LogP contribution in [0.15, 0.2) is 16.5 Å². The number of hydrogen-bond acceptors (Lipinski definition) is 3. The molecule has 1 saturated carbocycles. The molecule has 1 aromatic heterocycles. The van der Waals surface area contributed by atoms with E-state index in [-0.39, 0.29) is 5.92 Å². The van der Waals surface area contributed by atoms with Crippen LogP contribution in [0.1, 0.15) is 50.5 Å². The zero-order valence-corrected chi connectivity index (χ0v) is 14.2. The number of piperidine rings is 1. The lowest BCUT2D eigenvalue weighted by molar-refractivity contribution is -0.140. The Bertz CT molecular complexity index is 563. The van der Waals surface area contributed by atoms with Gasteiger partial charge in [0.2, 0.25) is 5.91 Å². The number of fused-ring (bicyclic) bond motifs is 4. The van der Waals surface area contributed by atoms with Crippen molar-refractivity contribution < 1.29 is 9.21 Å². The van der Waals surface area contributed by atoms with E-state index < -0.39 is 0 Å². The molecule has 4 nitrogen and oxygen atoms in total. The lowest BCUT2D eigenvalue weighted by Crippen LogP contribution is -2.48. The van der Waals surface area contributed by atoms with E-state index in [2.05, 4.69) is 28.9 Å². The zero-order valence-electron chi connectivity index (χ0n) is 14.2. The van der Waals surface area contributed by atoms with Crippen molar-refractivity contribution >= 4 is 5.91 Å². The predicted octanol–water partition coefficient (Wildman–Crippen LogP) is 3.06. The summed E-state index contributed by atoms with van der Waals surface area (Å²) in [5.41, 5.74) is 0. The molecule has 4 heteroatoms. The highest BCUT2D eigenvalue weighted by Gasteiger charge is 2.42. The summed E-state index contributed by atoms with van der Waals surface area (Å²) in [4.78, 5) is 17.4. The van der Waals surface area contributed by atoms with Gasteiger partial charge >= 0.3 is 0 Å². The normalized spacial score (nSPS) is 28.4. The first kappa shape index (κ1) is 15.3. The summed E-state index contributed by atoms with van der Waals surface area (Å²) < 4.78 is 5.95. The fraction of sp³-hybridized carbons (Fsp3) is 0.737. The fourth-order valence-corrected chi connectivity index (χ4v) is 4.19. The van der Waals surface area contributed by atoms with Gasteiger partial charge in [0, 0.05) is 32.1 Å². The summed E-state index contributed by atoms with van der Waals surface area (Å²) in [6, 6.07) is 4.64. The van der Waals surface area contributed by atoms with Crippen LogP contribution < -0.4 is 0 Å². The van der Waals surface area contributed by atoms with Gasteiger partial charge in [-0.15, -0.1) is 0 Å². The van der Waals surface area contributed by atoms with Crippen LogP contribution in [0.5, 0.6) is 0 Å². The molecule has 4 fully saturated rings. The Kier molecular flexibility index (Phi) is 4.18. The first-order valence-electron chi connectivity index (χ1n) is 9.33. The molecule has 4 heterocycles. The fourth-order valence-electron chi connectivity index (χ4n) is 4.19. The number of carbonyl (C=O) groups is 1. The summed E-state index contributed by atoms with van der Waals surface area (Å²) >= 11 is 0. The van der Waals surface area contributed by atoms with Crippen molar-refractivity contribution in [2.45, 2.75) is 58.0 Å². The molecule has 1 aliphatic carbocycles. The minimum Gasteiger partial charge on any atom is -0.465 e. The van der Waals surface area contributed by atoms with E-state index in [0.29, 0.717) is 11.9 Å². The molecule has 1 amide bonds. The van der Waals surface area contributed by atoms with E-state index in [1.54, 1.807) is 0 Å².